The molecule has 5 rings (SSSR count). The third-order valence-corrected chi connectivity index (χ3v) is 6.87. The Bertz CT molecular complexity index is 1220. The third kappa shape index (κ3) is 4.16. The summed E-state index contributed by atoms with van der Waals surface area (Å²) in [7, 11) is 0. The van der Waals surface area contributed by atoms with Crippen molar-refractivity contribution in [1.29, 1.82) is 0 Å². The number of hydrogen-bond donors (Lipinski definition) is 2. The summed E-state index contributed by atoms with van der Waals surface area (Å²) in [6, 6.07) is 19.4. The summed E-state index contributed by atoms with van der Waals surface area (Å²) >= 11 is 1.44. The molecule has 0 spiro atoms. The molecule has 2 unspecified atom stereocenters. The lowest BCUT2D eigenvalue weighted by atomic mass is 9.94. The molecule has 3 heterocycles. The van der Waals surface area contributed by atoms with Gasteiger partial charge < -0.3 is 15.2 Å². The van der Waals surface area contributed by atoms with Gasteiger partial charge in [-0.2, -0.15) is 0 Å². The van der Waals surface area contributed by atoms with E-state index in [1.807, 2.05) is 70.9 Å². The number of carbonyl (C=O) groups excluding carboxylic acids is 2. The molecule has 7 heteroatoms. The van der Waals surface area contributed by atoms with Crippen LogP contribution in [-0.4, -0.2) is 39.8 Å². The molecule has 1 aliphatic heterocycles. The van der Waals surface area contributed by atoms with Crippen molar-refractivity contribution in [3.63, 3.8) is 0 Å². The van der Waals surface area contributed by atoms with E-state index in [0.29, 0.717) is 13.1 Å². The second-order valence-electron chi connectivity index (χ2n) is 8.10. The van der Waals surface area contributed by atoms with Gasteiger partial charge in [-0.1, -0.05) is 42.5 Å². The number of aromatic amines is 1. The van der Waals surface area contributed by atoms with E-state index >= 15 is 0 Å². The van der Waals surface area contributed by atoms with Crippen LogP contribution in [-0.2, 0) is 4.79 Å². The Hall–Kier alpha value is -3.45. The molecular weight excluding hydrogens is 420 g/mol. The Kier molecular flexibility index (Phi) is 5.73. The summed E-state index contributed by atoms with van der Waals surface area (Å²) in [4.78, 5) is 36.1. The number of hydrogen-bond acceptors (Lipinski definition) is 4. The molecule has 1 aliphatic rings. The van der Waals surface area contributed by atoms with Crippen LogP contribution in [0.15, 0.2) is 72.4 Å². The van der Waals surface area contributed by atoms with E-state index in [9.17, 15) is 9.59 Å². The summed E-state index contributed by atoms with van der Waals surface area (Å²) in [5, 5.41) is 5.17. The van der Waals surface area contributed by atoms with Crippen molar-refractivity contribution in [1.82, 2.24) is 20.2 Å². The minimum Gasteiger partial charge on any atom is -0.345 e. The lowest BCUT2D eigenvalue weighted by Crippen LogP contribution is -2.46. The van der Waals surface area contributed by atoms with Crippen molar-refractivity contribution in [2.24, 2.45) is 5.92 Å². The average molecular weight is 445 g/mol. The first kappa shape index (κ1) is 20.5. The lowest BCUT2D eigenvalue weighted by Gasteiger charge is -2.33. The highest BCUT2D eigenvalue weighted by molar-refractivity contribution is 7.12. The van der Waals surface area contributed by atoms with Gasteiger partial charge in [0.2, 0.25) is 5.91 Å². The second-order valence-corrected chi connectivity index (χ2v) is 9.05. The summed E-state index contributed by atoms with van der Waals surface area (Å²) in [6.45, 7) is 1.14. The fourth-order valence-electron chi connectivity index (χ4n) is 4.33. The predicted octanol–water partition coefficient (Wildman–Crippen LogP) is 4.38. The van der Waals surface area contributed by atoms with Gasteiger partial charge in [0.15, 0.2) is 0 Å². The summed E-state index contributed by atoms with van der Waals surface area (Å²) in [5.74, 6) is -0.233. The van der Waals surface area contributed by atoms with Crippen molar-refractivity contribution >= 4 is 34.2 Å². The molecule has 2 N–H and O–H groups in total. The van der Waals surface area contributed by atoms with Crippen molar-refractivity contribution < 1.29 is 9.59 Å². The molecule has 32 heavy (non-hydrogen) atoms. The Morgan fingerprint density at radius 1 is 1.09 bits per heavy atom. The maximum absolute atomic E-state index is 13.4. The van der Waals surface area contributed by atoms with Crippen molar-refractivity contribution in [3.05, 3.63) is 88.4 Å². The molecule has 162 valence electrons. The van der Waals surface area contributed by atoms with Gasteiger partial charge in [0, 0.05) is 13.1 Å². The SMILES string of the molecule is O=C(NC(c1ccccc1)c1ccc2nc[nH]c2c1)C1CCCN(C(=O)c2cccs2)C1. The van der Waals surface area contributed by atoms with Gasteiger partial charge in [-0.15, -0.1) is 11.3 Å². The molecular formula is C25H24N4O2S. The highest BCUT2D eigenvalue weighted by atomic mass is 32.1. The quantitative estimate of drug-likeness (QED) is 0.479. The summed E-state index contributed by atoms with van der Waals surface area (Å²) in [6.07, 6.45) is 3.28. The van der Waals surface area contributed by atoms with Crippen LogP contribution in [0.2, 0.25) is 0 Å². The number of thiophene rings is 1. The molecule has 0 bridgehead atoms. The number of amides is 2. The highest BCUT2D eigenvalue weighted by Crippen LogP contribution is 2.27. The molecule has 6 nitrogen and oxygen atoms in total. The zero-order chi connectivity index (χ0) is 21.9. The number of fused-ring (bicyclic) bond motifs is 1. The van der Waals surface area contributed by atoms with Crippen molar-refractivity contribution in [2.75, 3.05) is 13.1 Å². The molecule has 2 atom stereocenters. The number of piperidine rings is 1. The number of nitrogens with one attached hydrogen (secondary N) is 2. The molecule has 0 aliphatic carbocycles. The summed E-state index contributed by atoms with van der Waals surface area (Å²) < 4.78 is 0. The first-order valence-corrected chi connectivity index (χ1v) is 11.7. The van der Waals surface area contributed by atoms with Crippen LogP contribution < -0.4 is 5.32 Å². The number of imidazole rings is 1. The van der Waals surface area contributed by atoms with Crippen LogP contribution in [0.5, 0.6) is 0 Å². The smallest absolute Gasteiger partial charge is 0.263 e. The van der Waals surface area contributed by atoms with Gasteiger partial charge in [-0.25, -0.2) is 4.98 Å². The average Bonchev–Trinajstić information content (AvgIpc) is 3.54. The van der Waals surface area contributed by atoms with E-state index in [1.54, 1.807) is 6.33 Å². The van der Waals surface area contributed by atoms with Gasteiger partial charge in [-0.3, -0.25) is 9.59 Å². The molecule has 1 fully saturated rings. The van der Waals surface area contributed by atoms with E-state index in [4.69, 9.17) is 0 Å². The maximum Gasteiger partial charge on any atom is 0.263 e. The predicted molar refractivity (Wildman–Crippen MR) is 125 cm³/mol. The van der Waals surface area contributed by atoms with Gasteiger partial charge in [0.25, 0.3) is 5.91 Å². The van der Waals surface area contributed by atoms with Crippen LogP contribution >= 0.6 is 11.3 Å². The molecule has 1 saturated heterocycles. The Morgan fingerprint density at radius 2 is 1.97 bits per heavy atom. The minimum absolute atomic E-state index is 0.0156. The van der Waals surface area contributed by atoms with Crippen LogP contribution in [0.25, 0.3) is 11.0 Å². The number of nitrogens with zero attached hydrogens (tertiary/aromatic N) is 2. The number of carbonyl (C=O) groups is 2. The van der Waals surface area contributed by atoms with Crippen molar-refractivity contribution in [2.45, 2.75) is 18.9 Å². The third-order valence-electron chi connectivity index (χ3n) is 6.01. The number of H-pyrrole nitrogens is 1. The van der Waals surface area contributed by atoms with Gasteiger partial charge in [-0.05, 0) is 47.5 Å². The van der Waals surface area contributed by atoms with Gasteiger partial charge in [0.05, 0.1) is 34.2 Å². The second kappa shape index (κ2) is 8.96. The Morgan fingerprint density at radius 3 is 2.78 bits per heavy atom. The zero-order valence-corrected chi connectivity index (χ0v) is 18.3. The number of benzene rings is 2. The normalized spacial score (nSPS) is 17.2. The number of aromatic nitrogens is 2. The van der Waals surface area contributed by atoms with E-state index in [-0.39, 0.29) is 23.8 Å². The Balaban J connectivity index is 1.37. The van der Waals surface area contributed by atoms with E-state index < -0.39 is 0 Å². The number of likely N-dealkylation sites (tertiary alicyclic amines) is 1. The van der Waals surface area contributed by atoms with Crippen LogP contribution in [0, 0.1) is 5.92 Å². The molecule has 2 aromatic heterocycles. The first-order valence-electron chi connectivity index (χ1n) is 10.8. The summed E-state index contributed by atoms with van der Waals surface area (Å²) in [5.41, 5.74) is 3.83. The van der Waals surface area contributed by atoms with E-state index in [0.717, 1.165) is 39.9 Å². The Labute approximate surface area is 190 Å². The topological polar surface area (TPSA) is 78.1 Å². The maximum atomic E-state index is 13.4. The monoisotopic (exact) mass is 444 g/mol. The van der Waals surface area contributed by atoms with Crippen molar-refractivity contribution in [3.8, 4) is 0 Å². The van der Waals surface area contributed by atoms with Crippen LogP contribution in [0.4, 0.5) is 0 Å². The molecule has 2 amide bonds. The number of rotatable bonds is 5. The van der Waals surface area contributed by atoms with Gasteiger partial charge in [0.1, 0.15) is 0 Å². The first-order chi connectivity index (χ1) is 15.7. The zero-order valence-electron chi connectivity index (χ0n) is 17.5. The molecule has 0 radical (unpaired) electrons. The van der Waals surface area contributed by atoms with Gasteiger partial charge >= 0.3 is 0 Å². The van der Waals surface area contributed by atoms with Crippen LogP contribution in [0.1, 0.15) is 39.7 Å². The fourth-order valence-corrected chi connectivity index (χ4v) is 5.02. The minimum atomic E-state index is -0.278. The molecule has 2 aromatic carbocycles. The molecule has 0 saturated carbocycles. The lowest BCUT2D eigenvalue weighted by molar-refractivity contribution is -0.126. The molecule has 4 aromatic rings. The highest BCUT2D eigenvalue weighted by Gasteiger charge is 2.31. The van der Waals surface area contributed by atoms with E-state index in [2.05, 4.69) is 15.3 Å². The largest absolute Gasteiger partial charge is 0.345 e. The standard InChI is InChI=1S/C25H24N4O2S/c30-24(19-8-4-12-29(15-19)25(31)22-9-5-13-32-22)28-23(17-6-2-1-3-7-17)18-10-11-20-21(14-18)27-16-26-20/h1-3,5-7,9-11,13-14,16,19,23H,4,8,12,15H2,(H,26,27)(H,28,30). The van der Waals surface area contributed by atoms with Crippen LogP contribution in [0.3, 0.4) is 0 Å². The fraction of sp³-hybridized carbons (Fsp3) is 0.240. The van der Waals surface area contributed by atoms with E-state index in [1.165, 1.54) is 11.3 Å².